The number of rotatable bonds is 7. The summed E-state index contributed by atoms with van der Waals surface area (Å²) < 4.78 is 0. The Morgan fingerprint density at radius 3 is 2.45 bits per heavy atom. The van der Waals surface area contributed by atoms with Crippen LogP contribution in [0.5, 0.6) is 0 Å². The van der Waals surface area contributed by atoms with Gasteiger partial charge in [0.25, 0.3) is 0 Å². The van der Waals surface area contributed by atoms with Crippen molar-refractivity contribution in [1.82, 2.24) is 9.97 Å². The van der Waals surface area contributed by atoms with E-state index in [-0.39, 0.29) is 0 Å². The molecular weight excluding hydrogens is 248 g/mol. The lowest BCUT2D eigenvalue weighted by molar-refractivity contribution is 0.684. The van der Waals surface area contributed by atoms with Crippen molar-refractivity contribution in [3.8, 4) is 0 Å². The maximum atomic E-state index is 4.87. The van der Waals surface area contributed by atoms with Gasteiger partial charge in [-0.15, -0.1) is 0 Å². The number of nitrogens with one attached hydrogen (secondary N) is 1. The molecule has 0 saturated heterocycles. The molecule has 1 aromatic rings. The summed E-state index contributed by atoms with van der Waals surface area (Å²) in [5, 5.41) is 3.47. The molecule has 20 heavy (non-hydrogen) atoms. The second-order valence-corrected chi connectivity index (χ2v) is 5.96. The highest BCUT2D eigenvalue weighted by Gasteiger charge is 2.29. The van der Waals surface area contributed by atoms with Crippen LogP contribution in [0.15, 0.2) is 0 Å². The van der Waals surface area contributed by atoms with E-state index in [0.29, 0.717) is 12.0 Å². The molecule has 0 atom stereocenters. The summed E-state index contributed by atoms with van der Waals surface area (Å²) in [5.74, 6) is 3.75. The van der Waals surface area contributed by atoms with Gasteiger partial charge in [0.1, 0.15) is 17.5 Å². The van der Waals surface area contributed by atoms with Crippen molar-refractivity contribution in [2.24, 2.45) is 0 Å². The van der Waals surface area contributed by atoms with Crippen LogP contribution in [0.1, 0.15) is 64.3 Å². The molecule has 1 aromatic heterocycles. The predicted molar refractivity (Wildman–Crippen MR) is 85.7 cm³/mol. The summed E-state index contributed by atoms with van der Waals surface area (Å²) in [4.78, 5) is 12.0. The van der Waals surface area contributed by atoms with Crippen LogP contribution in [0, 0.1) is 6.92 Å². The molecule has 0 radical (unpaired) electrons. The maximum absolute atomic E-state index is 4.87. The van der Waals surface area contributed by atoms with Crippen LogP contribution in [-0.2, 0) is 0 Å². The fraction of sp³-hybridized carbons (Fsp3) is 0.750. The largest absolute Gasteiger partial charge is 0.370 e. The van der Waals surface area contributed by atoms with Gasteiger partial charge in [-0.2, -0.15) is 0 Å². The van der Waals surface area contributed by atoms with Gasteiger partial charge >= 0.3 is 0 Å². The molecule has 2 rings (SSSR count). The fourth-order valence-corrected chi connectivity index (χ4v) is 2.50. The molecule has 1 N–H and O–H groups in total. The van der Waals surface area contributed by atoms with Gasteiger partial charge in [-0.1, -0.05) is 6.92 Å². The third-order valence-electron chi connectivity index (χ3n) is 3.86. The topological polar surface area (TPSA) is 41.1 Å². The van der Waals surface area contributed by atoms with Crippen molar-refractivity contribution in [2.75, 3.05) is 23.3 Å². The monoisotopic (exact) mass is 276 g/mol. The zero-order chi connectivity index (χ0) is 14.7. The van der Waals surface area contributed by atoms with Crippen LogP contribution < -0.4 is 10.2 Å². The Hall–Kier alpha value is -1.32. The van der Waals surface area contributed by atoms with Crippen LogP contribution in [0.2, 0.25) is 0 Å². The highest BCUT2D eigenvalue weighted by atomic mass is 15.2. The molecule has 4 nitrogen and oxygen atoms in total. The maximum Gasteiger partial charge on any atom is 0.137 e. The summed E-state index contributed by atoms with van der Waals surface area (Å²) in [6, 6.07) is 0.458. The molecule has 0 aliphatic heterocycles. The van der Waals surface area contributed by atoms with Gasteiger partial charge in [-0.3, -0.25) is 0 Å². The third kappa shape index (κ3) is 3.22. The SMILES string of the molecule is CCCNc1nc(C2CC2)nc(N(CC)C(C)C)c1C. The smallest absolute Gasteiger partial charge is 0.137 e. The van der Waals surface area contributed by atoms with E-state index in [1.807, 2.05) is 0 Å². The summed E-state index contributed by atoms with van der Waals surface area (Å²) in [7, 11) is 0. The van der Waals surface area contributed by atoms with Crippen molar-refractivity contribution in [3.05, 3.63) is 11.4 Å². The first kappa shape index (κ1) is 15.1. The predicted octanol–water partition coefficient (Wildman–Crippen LogP) is 3.72. The minimum atomic E-state index is 0.458. The van der Waals surface area contributed by atoms with Gasteiger partial charge in [-0.25, -0.2) is 9.97 Å². The van der Waals surface area contributed by atoms with E-state index in [9.17, 15) is 0 Å². The summed E-state index contributed by atoms with van der Waals surface area (Å²) in [6.07, 6.45) is 3.59. The number of hydrogen-bond donors (Lipinski definition) is 1. The Bertz CT molecular complexity index is 452. The highest BCUT2D eigenvalue weighted by Crippen LogP contribution is 2.40. The average molecular weight is 276 g/mol. The van der Waals surface area contributed by atoms with Crippen LogP contribution in [-0.4, -0.2) is 29.1 Å². The number of aromatic nitrogens is 2. The molecule has 0 spiro atoms. The van der Waals surface area contributed by atoms with E-state index in [1.54, 1.807) is 0 Å². The lowest BCUT2D eigenvalue weighted by Crippen LogP contribution is -2.32. The van der Waals surface area contributed by atoms with Crippen molar-refractivity contribution in [3.63, 3.8) is 0 Å². The van der Waals surface area contributed by atoms with Crippen LogP contribution >= 0.6 is 0 Å². The second-order valence-electron chi connectivity index (χ2n) is 5.96. The first-order valence-electron chi connectivity index (χ1n) is 7.97. The van der Waals surface area contributed by atoms with Crippen LogP contribution in [0.25, 0.3) is 0 Å². The number of nitrogens with zero attached hydrogens (tertiary/aromatic N) is 3. The van der Waals surface area contributed by atoms with Crippen molar-refractivity contribution in [2.45, 2.75) is 65.8 Å². The molecule has 1 aliphatic carbocycles. The van der Waals surface area contributed by atoms with E-state index in [4.69, 9.17) is 9.97 Å². The van der Waals surface area contributed by atoms with Gasteiger partial charge in [0.05, 0.1) is 0 Å². The van der Waals surface area contributed by atoms with Gasteiger partial charge in [-0.05, 0) is 47.0 Å². The molecule has 112 valence electrons. The van der Waals surface area contributed by atoms with Crippen molar-refractivity contribution < 1.29 is 0 Å². The standard InChI is InChI=1S/C16H28N4/c1-6-10-17-14-12(5)16(20(7-2)11(3)4)19-15(18-14)13-8-9-13/h11,13H,6-10H2,1-5H3,(H,17,18,19). The molecule has 0 aromatic carbocycles. The quantitative estimate of drug-likeness (QED) is 0.824. The molecule has 1 saturated carbocycles. The Kier molecular flexibility index (Phi) is 4.84. The van der Waals surface area contributed by atoms with Crippen LogP contribution in [0.3, 0.4) is 0 Å². The lowest BCUT2D eigenvalue weighted by atomic mass is 10.2. The first-order chi connectivity index (χ1) is 9.58. The van der Waals surface area contributed by atoms with Crippen molar-refractivity contribution >= 4 is 11.6 Å². The Morgan fingerprint density at radius 2 is 1.95 bits per heavy atom. The summed E-state index contributed by atoms with van der Waals surface area (Å²) in [6.45, 7) is 12.9. The Labute approximate surface area is 123 Å². The van der Waals surface area contributed by atoms with E-state index in [0.717, 1.165) is 37.0 Å². The van der Waals surface area contributed by atoms with Gasteiger partial charge in [0.15, 0.2) is 0 Å². The van der Waals surface area contributed by atoms with Crippen molar-refractivity contribution in [1.29, 1.82) is 0 Å². The Balaban J connectivity index is 2.39. The first-order valence-corrected chi connectivity index (χ1v) is 7.97. The van der Waals surface area contributed by atoms with E-state index in [2.05, 4.69) is 44.8 Å². The second kappa shape index (κ2) is 6.42. The Morgan fingerprint density at radius 1 is 1.25 bits per heavy atom. The fourth-order valence-electron chi connectivity index (χ4n) is 2.50. The van der Waals surface area contributed by atoms with Gasteiger partial charge < -0.3 is 10.2 Å². The molecule has 0 bridgehead atoms. The van der Waals surface area contributed by atoms with E-state index in [1.165, 1.54) is 18.4 Å². The molecule has 4 heteroatoms. The molecule has 0 amide bonds. The normalized spacial score (nSPS) is 14.7. The zero-order valence-corrected chi connectivity index (χ0v) is 13.5. The number of anilines is 2. The summed E-state index contributed by atoms with van der Waals surface area (Å²) >= 11 is 0. The molecule has 1 aliphatic rings. The summed E-state index contributed by atoms with van der Waals surface area (Å²) in [5.41, 5.74) is 1.18. The van der Waals surface area contributed by atoms with Crippen LogP contribution in [0.4, 0.5) is 11.6 Å². The highest BCUT2D eigenvalue weighted by molar-refractivity contribution is 5.59. The number of hydrogen-bond acceptors (Lipinski definition) is 4. The molecule has 1 heterocycles. The van der Waals surface area contributed by atoms with E-state index >= 15 is 0 Å². The minimum absolute atomic E-state index is 0.458. The lowest BCUT2D eigenvalue weighted by Gasteiger charge is -2.29. The zero-order valence-electron chi connectivity index (χ0n) is 13.5. The van der Waals surface area contributed by atoms with Gasteiger partial charge in [0.2, 0.25) is 0 Å². The average Bonchev–Trinajstić information content (AvgIpc) is 3.24. The van der Waals surface area contributed by atoms with Gasteiger partial charge in [0, 0.05) is 30.6 Å². The third-order valence-corrected chi connectivity index (χ3v) is 3.86. The molecule has 1 fully saturated rings. The molecular formula is C16H28N4. The molecule has 0 unspecified atom stereocenters. The van der Waals surface area contributed by atoms with E-state index < -0.39 is 0 Å². The minimum Gasteiger partial charge on any atom is -0.370 e.